The second-order valence-corrected chi connectivity index (χ2v) is 14.5. The van der Waals surface area contributed by atoms with Crippen molar-refractivity contribution in [3.05, 3.63) is 168 Å². The molecule has 6 aromatic carbocycles. The zero-order valence-electron chi connectivity index (χ0n) is 28.8. The lowest BCUT2D eigenvalue weighted by atomic mass is 10.0. The Bertz CT molecular complexity index is 2260. The quantitative estimate of drug-likeness (QED) is 0.138. The van der Waals surface area contributed by atoms with E-state index in [9.17, 15) is 0 Å². The van der Waals surface area contributed by atoms with Gasteiger partial charge in [-0.3, -0.25) is 0 Å². The average molecular weight is 674 g/mol. The van der Waals surface area contributed by atoms with Gasteiger partial charge in [-0.2, -0.15) is 4.57 Å². The van der Waals surface area contributed by atoms with Crippen LogP contribution in [-0.2, 0) is 13.0 Å². The number of nitrogens with zero attached hydrogens (tertiary/aromatic N) is 2. The third-order valence-corrected chi connectivity index (χ3v) is 11.0. The fourth-order valence-corrected chi connectivity index (χ4v) is 8.51. The van der Waals surface area contributed by atoms with Gasteiger partial charge in [-0.25, -0.2) is 0 Å². The Hall–Kier alpha value is -5.23. The Kier molecular flexibility index (Phi) is 9.17. The zero-order chi connectivity index (χ0) is 33.9. The summed E-state index contributed by atoms with van der Waals surface area (Å²) in [6.45, 7) is 1.76. The average Bonchev–Trinajstić information content (AvgIpc) is 3.69. The fraction of sp³-hybridized carbons (Fsp3) is 0.178. The minimum atomic E-state index is 0.359. The molecular weight excluding hydrogens is 631 g/mol. The van der Waals surface area contributed by atoms with Gasteiger partial charge in [0.2, 0.25) is 11.4 Å². The highest BCUT2D eigenvalue weighted by atomic mass is 32.1. The van der Waals surface area contributed by atoms with Gasteiger partial charge in [0, 0.05) is 24.9 Å². The summed E-state index contributed by atoms with van der Waals surface area (Å²) in [6.07, 6.45) is 5.37. The van der Waals surface area contributed by atoms with Gasteiger partial charge >= 0.3 is 0 Å². The van der Waals surface area contributed by atoms with Crippen molar-refractivity contribution in [3.8, 4) is 16.9 Å². The molecule has 4 nitrogen and oxygen atoms in total. The first-order chi connectivity index (χ1) is 24.6. The third-order valence-electron chi connectivity index (χ3n) is 9.93. The Labute approximate surface area is 299 Å². The molecule has 2 heterocycles. The van der Waals surface area contributed by atoms with E-state index in [1.165, 1.54) is 53.2 Å². The molecule has 50 heavy (non-hydrogen) atoms. The largest absolute Gasteiger partial charge is 0.438 e. The van der Waals surface area contributed by atoms with E-state index in [1.54, 1.807) is 0 Å². The second-order valence-electron chi connectivity index (χ2n) is 13.4. The lowest BCUT2D eigenvalue weighted by Crippen LogP contribution is -3.06. The number of fused-ring (bicyclic) bond motifs is 4. The van der Waals surface area contributed by atoms with Crippen molar-refractivity contribution in [1.29, 1.82) is 0 Å². The summed E-state index contributed by atoms with van der Waals surface area (Å²) < 4.78 is 10.6. The van der Waals surface area contributed by atoms with Crippen LogP contribution < -0.4 is 19.1 Å². The first-order valence-corrected chi connectivity index (χ1v) is 18.5. The predicted molar refractivity (Wildman–Crippen MR) is 209 cm³/mol. The van der Waals surface area contributed by atoms with Crippen LogP contribution in [-0.4, -0.2) is 20.6 Å². The maximum atomic E-state index is 6.80. The summed E-state index contributed by atoms with van der Waals surface area (Å²) in [7, 11) is 4.52. The normalized spacial score (nSPS) is 14.1. The first kappa shape index (κ1) is 32.0. The van der Waals surface area contributed by atoms with Crippen molar-refractivity contribution in [3.63, 3.8) is 0 Å². The molecule has 1 aromatic heterocycles. The monoisotopic (exact) mass is 673 g/mol. The maximum absolute atomic E-state index is 6.80. The molecule has 1 aliphatic heterocycles. The molecular formula is C45H43N3OS+2. The molecule has 0 radical (unpaired) electrons. The summed E-state index contributed by atoms with van der Waals surface area (Å²) in [5.41, 5.74) is 7.58. The highest BCUT2D eigenvalue weighted by molar-refractivity contribution is 7.19. The molecule has 1 atom stereocenters. The topological polar surface area (TPSA) is 20.8 Å². The minimum absolute atomic E-state index is 0.359. The number of ether oxygens (including phenoxy) is 1. The number of benzene rings is 6. The Morgan fingerprint density at radius 3 is 2.26 bits per heavy atom. The van der Waals surface area contributed by atoms with E-state index in [0.29, 0.717) is 6.04 Å². The van der Waals surface area contributed by atoms with Crippen LogP contribution in [0.15, 0.2) is 151 Å². The second kappa shape index (κ2) is 14.3. The van der Waals surface area contributed by atoms with Gasteiger partial charge in [-0.15, -0.1) is 0 Å². The van der Waals surface area contributed by atoms with Crippen molar-refractivity contribution in [2.45, 2.75) is 31.8 Å². The SMILES string of the molecule is C[NH+](C)C(CCN1C(=Cc2sc3ccc4ccccc4c3[n+]2CCCc2ccccc2)Oc2ccc(-c3ccccc3)cc21)c1ccccc1. The van der Waals surface area contributed by atoms with Crippen LogP contribution in [0.2, 0.25) is 0 Å². The highest BCUT2D eigenvalue weighted by Gasteiger charge is 2.31. The van der Waals surface area contributed by atoms with Gasteiger partial charge in [0.1, 0.15) is 10.7 Å². The smallest absolute Gasteiger partial charge is 0.268 e. The molecule has 0 saturated heterocycles. The van der Waals surface area contributed by atoms with Crippen LogP contribution in [0.3, 0.4) is 0 Å². The molecule has 1 unspecified atom stereocenters. The number of quaternary nitrogens is 1. The van der Waals surface area contributed by atoms with Gasteiger partial charge in [-0.1, -0.05) is 133 Å². The van der Waals surface area contributed by atoms with E-state index in [1.807, 2.05) is 11.3 Å². The molecule has 1 aliphatic rings. The highest BCUT2D eigenvalue weighted by Crippen LogP contribution is 2.43. The lowest BCUT2D eigenvalue weighted by Gasteiger charge is -2.25. The molecule has 1 N–H and O–H groups in total. The maximum Gasteiger partial charge on any atom is 0.268 e. The van der Waals surface area contributed by atoms with Crippen LogP contribution in [0, 0.1) is 0 Å². The van der Waals surface area contributed by atoms with Crippen LogP contribution >= 0.6 is 11.3 Å². The molecule has 0 aliphatic carbocycles. The van der Waals surface area contributed by atoms with E-state index in [2.05, 4.69) is 175 Å². The first-order valence-electron chi connectivity index (χ1n) is 17.7. The molecule has 0 spiro atoms. The van der Waals surface area contributed by atoms with Gasteiger partial charge < -0.3 is 14.5 Å². The van der Waals surface area contributed by atoms with E-state index in [0.717, 1.165) is 49.7 Å². The van der Waals surface area contributed by atoms with Gasteiger partial charge in [-0.05, 0) is 52.8 Å². The Balaban J connectivity index is 1.21. The number of rotatable bonds is 11. The van der Waals surface area contributed by atoms with Crippen molar-refractivity contribution >= 4 is 44.1 Å². The molecule has 5 heteroatoms. The summed E-state index contributed by atoms with van der Waals surface area (Å²) in [5, 5.41) is 3.77. The summed E-state index contributed by atoms with van der Waals surface area (Å²) in [6, 6.07) is 52.7. The number of anilines is 1. The molecule has 0 amide bonds. The molecule has 7 aromatic rings. The lowest BCUT2D eigenvalue weighted by molar-refractivity contribution is -0.892. The van der Waals surface area contributed by atoms with Crippen molar-refractivity contribution < 1.29 is 14.2 Å². The number of hydrogen-bond donors (Lipinski definition) is 1. The molecule has 248 valence electrons. The minimum Gasteiger partial charge on any atom is -0.438 e. The van der Waals surface area contributed by atoms with Crippen molar-refractivity contribution in [1.82, 2.24) is 0 Å². The Morgan fingerprint density at radius 2 is 1.48 bits per heavy atom. The third kappa shape index (κ3) is 6.55. The van der Waals surface area contributed by atoms with E-state index in [-0.39, 0.29) is 0 Å². The van der Waals surface area contributed by atoms with E-state index in [4.69, 9.17) is 4.74 Å². The standard InChI is InChI=1S/C45H42N3OS/c1-46(2)39(36-21-10-5-11-22-36)28-30-47-40-31-37(34-18-8-4-9-19-34)24-26-41(40)49-43(47)32-44-48(29-14-17-33-15-6-3-7-16-33)45-38-23-13-12-20-35(38)25-27-42(45)50-44/h3-13,15-16,18-27,31-32,39H,14,17,28-30H2,1-2H3/q+1/p+1. The van der Waals surface area contributed by atoms with Crippen LogP contribution in [0.4, 0.5) is 5.69 Å². The van der Waals surface area contributed by atoms with Crippen molar-refractivity contribution in [2.24, 2.45) is 0 Å². The summed E-state index contributed by atoms with van der Waals surface area (Å²) in [4.78, 5) is 3.84. The van der Waals surface area contributed by atoms with Gasteiger partial charge in [0.15, 0.2) is 12.3 Å². The van der Waals surface area contributed by atoms with Gasteiger partial charge in [0.05, 0.1) is 31.2 Å². The number of thiazole rings is 1. The molecule has 0 saturated carbocycles. The number of aromatic nitrogens is 1. The van der Waals surface area contributed by atoms with Crippen LogP contribution in [0.5, 0.6) is 5.75 Å². The summed E-state index contributed by atoms with van der Waals surface area (Å²) >= 11 is 1.85. The molecule has 8 rings (SSSR count). The van der Waals surface area contributed by atoms with Crippen molar-refractivity contribution in [2.75, 3.05) is 25.5 Å². The van der Waals surface area contributed by atoms with E-state index < -0.39 is 0 Å². The molecule has 0 fully saturated rings. The number of hydrogen-bond acceptors (Lipinski definition) is 3. The van der Waals surface area contributed by atoms with Crippen LogP contribution in [0.25, 0.3) is 38.2 Å². The number of aryl methyl sites for hydroxylation is 2. The van der Waals surface area contributed by atoms with Crippen LogP contribution in [0.1, 0.15) is 35.0 Å². The Morgan fingerprint density at radius 1 is 0.760 bits per heavy atom. The van der Waals surface area contributed by atoms with Gasteiger partial charge in [0.25, 0.3) is 5.01 Å². The van der Waals surface area contributed by atoms with E-state index >= 15 is 0 Å². The number of nitrogens with one attached hydrogen (secondary N) is 1. The summed E-state index contributed by atoms with van der Waals surface area (Å²) in [5.74, 6) is 1.80. The fourth-order valence-electron chi connectivity index (χ4n) is 7.38. The predicted octanol–water partition coefficient (Wildman–Crippen LogP) is 9.12. The molecule has 0 bridgehead atoms. The zero-order valence-corrected chi connectivity index (χ0v) is 29.6.